The molecule has 8 nitrogen and oxygen atoms in total. The first kappa shape index (κ1) is 22.5. The van der Waals surface area contributed by atoms with E-state index in [9.17, 15) is 28.2 Å². The van der Waals surface area contributed by atoms with E-state index >= 15 is 0 Å². The highest BCUT2D eigenvalue weighted by Crippen LogP contribution is 2.30. The fourth-order valence-electron chi connectivity index (χ4n) is 3.76. The Hall–Kier alpha value is -3.73. The van der Waals surface area contributed by atoms with Crippen LogP contribution in [0.4, 0.5) is 30.6 Å². The maximum Gasteiger partial charge on any atom is 0.433 e. The maximum absolute atomic E-state index is 12.9. The second kappa shape index (κ2) is 8.66. The molecule has 11 heteroatoms. The lowest BCUT2D eigenvalue weighted by Crippen LogP contribution is -2.36. The molecule has 1 aliphatic heterocycles. The smallest absolute Gasteiger partial charge is 0.433 e. The van der Waals surface area contributed by atoms with E-state index in [4.69, 9.17) is 0 Å². The molecule has 2 aromatic heterocycles. The second-order valence-corrected chi connectivity index (χ2v) is 7.78. The number of aliphatic hydroxyl groups is 1. The van der Waals surface area contributed by atoms with Crippen molar-refractivity contribution in [3.05, 3.63) is 60.0 Å². The zero-order chi connectivity index (χ0) is 23.8. The van der Waals surface area contributed by atoms with Crippen LogP contribution in [0, 0.1) is 6.92 Å². The summed E-state index contributed by atoms with van der Waals surface area (Å²) >= 11 is 0. The highest BCUT2D eigenvalue weighted by Gasteiger charge is 2.36. The highest BCUT2D eigenvalue weighted by molar-refractivity contribution is 5.79. The van der Waals surface area contributed by atoms with Crippen LogP contribution in [0.2, 0.25) is 0 Å². The third-order valence-electron chi connectivity index (χ3n) is 5.22. The summed E-state index contributed by atoms with van der Waals surface area (Å²) in [5, 5.41) is 22.0. The van der Waals surface area contributed by atoms with Crippen molar-refractivity contribution in [2.24, 2.45) is 0 Å². The molecule has 0 bridgehead atoms. The average Bonchev–Trinajstić information content (AvgIpc) is 3.15. The number of benzene rings is 1. The minimum absolute atomic E-state index is 0.128. The largest absolute Gasteiger partial charge is 0.480 e. The van der Waals surface area contributed by atoms with Crippen LogP contribution in [0.5, 0.6) is 0 Å². The number of aliphatic carboxylic acids is 1. The molecule has 1 aliphatic rings. The molecule has 3 aromatic rings. The maximum atomic E-state index is 12.9. The number of aromatic nitrogens is 3. The molecule has 3 N–H and O–H groups in total. The Labute approximate surface area is 186 Å². The summed E-state index contributed by atoms with van der Waals surface area (Å²) < 4.78 is 38.7. The van der Waals surface area contributed by atoms with E-state index in [1.54, 1.807) is 35.4 Å². The number of alkyl halides is 3. The fraction of sp³-hybridized carbons (Fsp3) is 0.273. The number of hydrogen-bond donors (Lipinski definition) is 3. The van der Waals surface area contributed by atoms with Gasteiger partial charge in [0.05, 0.1) is 6.10 Å². The van der Waals surface area contributed by atoms with Gasteiger partial charge in [0.1, 0.15) is 17.6 Å². The third kappa shape index (κ3) is 5.03. The topological polar surface area (TPSA) is 111 Å². The van der Waals surface area contributed by atoms with Crippen molar-refractivity contribution in [3.63, 3.8) is 0 Å². The number of carbonyl (C=O) groups is 1. The summed E-state index contributed by atoms with van der Waals surface area (Å²) in [6, 6.07) is 8.76. The van der Waals surface area contributed by atoms with Crippen molar-refractivity contribution < 1.29 is 28.2 Å². The van der Waals surface area contributed by atoms with E-state index in [0.717, 1.165) is 29.0 Å². The SMILES string of the molecule is Cc1cc(Nc2nccc(C(F)(F)F)n2)cc(-c2ccc(N3C[C@H](O)C[C@H]3C(=O)O)nc2)c1. The monoisotopic (exact) mass is 459 g/mol. The molecule has 0 saturated carbocycles. The van der Waals surface area contributed by atoms with Gasteiger partial charge in [0.15, 0.2) is 0 Å². The number of halogens is 3. The number of aliphatic hydroxyl groups excluding tert-OH is 1. The second-order valence-electron chi connectivity index (χ2n) is 7.78. The van der Waals surface area contributed by atoms with Gasteiger partial charge in [-0.2, -0.15) is 13.2 Å². The standard InChI is InChI=1S/C22H20F3N5O3/c1-12-6-14(8-15(7-12)28-21-26-5-4-18(29-21)22(23,24)25)13-2-3-19(27-10-13)30-11-16(31)9-17(30)20(32)33/h2-8,10,16-17,31H,9,11H2,1H3,(H,32,33)(H,26,28,29)/t16-,17+/m1/s1. The predicted octanol–water partition coefficient (Wildman–Crippen LogP) is 3.63. The van der Waals surface area contributed by atoms with E-state index in [0.29, 0.717) is 11.5 Å². The first-order valence-corrected chi connectivity index (χ1v) is 10.0. The number of β-amino-alcohol motifs (C(OH)–C–C–N with tert-alkyl or cyclic N) is 1. The zero-order valence-corrected chi connectivity index (χ0v) is 17.4. The van der Waals surface area contributed by atoms with Crippen LogP contribution in [-0.4, -0.2) is 49.8 Å². The predicted molar refractivity (Wildman–Crippen MR) is 114 cm³/mol. The minimum Gasteiger partial charge on any atom is -0.480 e. The normalized spacial score (nSPS) is 18.4. The molecule has 0 amide bonds. The van der Waals surface area contributed by atoms with Crippen LogP contribution in [0.1, 0.15) is 17.7 Å². The number of carboxylic acids is 1. The van der Waals surface area contributed by atoms with Crippen molar-refractivity contribution >= 4 is 23.4 Å². The lowest BCUT2D eigenvalue weighted by Gasteiger charge is -2.22. The Morgan fingerprint density at radius 2 is 1.94 bits per heavy atom. The molecule has 172 valence electrons. The molecule has 1 saturated heterocycles. The Balaban J connectivity index is 1.58. The van der Waals surface area contributed by atoms with E-state index in [-0.39, 0.29) is 18.9 Å². The summed E-state index contributed by atoms with van der Waals surface area (Å²) in [5.41, 5.74) is 1.78. The number of anilines is 3. The quantitative estimate of drug-likeness (QED) is 0.531. The molecular formula is C22H20F3N5O3. The number of nitrogens with zero attached hydrogens (tertiary/aromatic N) is 4. The molecular weight excluding hydrogens is 439 g/mol. The lowest BCUT2D eigenvalue weighted by molar-refractivity contribution is -0.141. The number of pyridine rings is 1. The summed E-state index contributed by atoms with van der Waals surface area (Å²) in [4.78, 5) is 24.8. The fourth-order valence-corrected chi connectivity index (χ4v) is 3.76. The van der Waals surface area contributed by atoms with E-state index in [2.05, 4.69) is 20.3 Å². The van der Waals surface area contributed by atoms with Crippen molar-refractivity contribution in [3.8, 4) is 11.1 Å². The molecule has 2 atom stereocenters. The van der Waals surface area contributed by atoms with Crippen LogP contribution < -0.4 is 10.2 Å². The Kier molecular flexibility index (Phi) is 5.90. The Morgan fingerprint density at radius 3 is 2.61 bits per heavy atom. The van der Waals surface area contributed by atoms with Crippen molar-refractivity contribution in [1.82, 2.24) is 15.0 Å². The van der Waals surface area contributed by atoms with E-state index < -0.39 is 30.0 Å². The van der Waals surface area contributed by atoms with Crippen LogP contribution in [0.3, 0.4) is 0 Å². The number of rotatable bonds is 5. The van der Waals surface area contributed by atoms with Crippen molar-refractivity contribution in [1.29, 1.82) is 0 Å². The van der Waals surface area contributed by atoms with Crippen LogP contribution in [-0.2, 0) is 11.0 Å². The molecule has 0 radical (unpaired) electrons. The summed E-state index contributed by atoms with van der Waals surface area (Å²) in [6.45, 7) is 2.02. The lowest BCUT2D eigenvalue weighted by atomic mass is 10.0. The molecule has 0 aliphatic carbocycles. The molecule has 0 spiro atoms. The van der Waals surface area contributed by atoms with Crippen molar-refractivity contribution in [2.45, 2.75) is 31.7 Å². The molecule has 0 unspecified atom stereocenters. The van der Waals surface area contributed by atoms with Gasteiger partial charge in [0.25, 0.3) is 0 Å². The number of hydrogen-bond acceptors (Lipinski definition) is 7. The van der Waals surface area contributed by atoms with Crippen LogP contribution >= 0.6 is 0 Å². The van der Waals surface area contributed by atoms with Gasteiger partial charge in [0, 0.05) is 36.6 Å². The molecule has 33 heavy (non-hydrogen) atoms. The average molecular weight is 459 g/mol. The molecule has 3 heterocycles. The molecule has 1 aromatic carbocycles. The summed E-state index contributed by atoms with van der Waals surface area (Å²) in [6.07, 6.45) is -2.56. The molecule has 4 rings (SSSR count). The van der Waals surface area contributed by atoms with Gasteiger partial charge < -0.3 is 20.4 Å². The highest BCUT2D eigenvalue weighted by atomic mass is 19.4. The Morgan fingerprint density at radius 1 is 1.15 bits per heavy atom. The first-order chi connectivity index (χ1) is 15.6. The summed E-state index contributed by atoms with van der Waals surface area (Å²) in [7, 11) is 0. The van der Waals surface area contributed by atoms with Gasteiger partial charge in [0.2, 0.25) is 5.95 Å². The first-order valence-electron chi connectivity index (χ1n) is 10.0. The zero-order valence-electron chi connectivity index (χ0n) is 17.4. The van der Waals surface area contributed by atoms with Gasteiger partial charge >= 0.3 is 12.1 Å². The summed E-state index contributed by atoms with van der Waals surface area (Å²) in [5.74, 6) is -0.767. The van der Waals surface area contributed by atoms with E-state index in [1.165, 1.54) is 0 Å². The van der Waals surface area contributed by atoms with Gasteiger partial charge in [-0.05, 0) is 48.4 Å². The van der Waals surface area contributed by atoms with Crippen LogP contribution in [0.15, 0.2) is 48.8 Å². The third-order valence-corrected chi connectivity index (χ3v) is 5.22. The van der Waals surface area contributed by atoms with Crippen molar-refractivity contribution in [2.75, 3.05) is 16.8 Å². The number of carboxylic acid groups (broad SMARTS) is 1. The van der Waals surface area contributed by atoms with Gasteiger partial charge in [-0.15, -0.1) is 0 Å². The van der Waals surface area contributed by atoms with E-state index in [1.807, 2.05) is 13.0 Å². The number of aryl methyl sites for hydroxylation is 1. The van der Waals surface area contributed by atoms with Gasteiger partial charge in [-0.25, -0.2) is 19.7 Å². The molecule has 1 fully saturated rings. The van der Waals surface area contributed by atoms with Gasteiger partial charge in [-0.3, -0.25) is 0 Å². The minimum atomic E-state index is -4.57. The number of nitrogens with one attached hydrogen (secondary N) is 1. The van der Waals surface area contributed by atoms with Gasteiger partial charge in [-0.1, -0.05) is 6.07 Å². The van der Waals surface area contributed by atoms with Crippen LogP contribution in [0.25, 0.3) is 11.1 Å². The Bertz CT molecular complexity index is 1170.